The van der Waals surface area contributed by atoms with Gasteiger partial charge in [-0.25, -0.2) is 9.67 Å². The van der Waals surface area contributed by atoms with Gasteiger partial charge in [0.1, 0.15) is 18.7 Å². The van der Waals surface area contributed by atoms with Crippen LogP contribution in [-0.4, -0.2) is 34.9 Å². The fraction of sp³-hybridized carbons (Fsp3) is 0.438. The molecule has 1 aromatic carbocycles. The Morgan fingerprint density at radius 3 is 2.43 bits per heavy atom. The number of amides is 1. The smallest absolute Gasteiger partial charge is 0.245 e. The molecule has 7 heteroatoms. The SMILES string of the molecule is COc1cc(C)c([C@@H](C)NC(=O)[C@H](C)n2cncn2)cc1OC. The van der Waals surface area contributed by atoms with Crippen LogP contribution < -0.4 is 14.8 Å². The Balaban J connectivity index is 2.17. The van der Waals surface area contributed by atoms with E-state index in [9.17, 15) is 4.79 Å². The van der Waals surface area contributed by atoms with Gasteiger partial charge in [-0.3, -0.25) is 4.79 Å². The first-order valence-corrected chi connectivity index (χ1v) is 7.35. The van der Waals surface area contributed by atoms with Gasteiger partial charge in [0.05, 0.1) is 20.3 Å². The number of carbonyl (C=O) groups is 1. The van der Waals surface area contributed by atoms with E-state index in [1.165, 1.54) is 17.3 Å². The maximum atomic E-state index is 12.4. The van der Waals surface area contributed by atoms with Crippen LogP contribution >= 0.6 is 0 Å². The number of hydrogen-bond acceptors (Lipinski definition) is 5. The van der Waals surface area contributed by atoms with Crippen molar-refractivity contribution in [3.05, 3.63) is 35.9 Å². The van der Waals surface area contributed by atoms with Gasteiger partial charge in [0.25, 0.3) is 0 Å². The first kappa shape index (κ1) is 16.8. The normalized spacial score (nSPS) is 13.3. The molecule has 0 saturated carbocycles. The summed E-state index contributed by atoms with van der Waals surface area (Å²) < 4.78 is 12.1. The van der Waals surface area contributed by atoms with Gasteiger partial charge in [-0.15, -0.1) is 0 Å². The summed E-state index contributed by atoms with van der Waals surface area (Å²) in [5.74, 6) is 1.18. The van der Waals surface area contributed by atoms with Crippen molar-refractivity contribution >= 4 is 5.91 Å². The molecule has 0 spiro atoms. The average molecular weight is 318 g/mol. The summed E-state index contributed by atoms with van der Waals surface area (Å²) in [7, 11) is 3.19. The van der Waals surface area contributed by atoms with Gasteiger partial charge in [0.2, 0.25) is 5.91 Å². The molecule has 0 unspecified atom stereocenters. The van der Waals surface area contributed by atoms with Crippen LogP contribution in [0.5, 0.6) is 11.5 Å². The largest absolute Gasteiger partial charge is 0.493 e. The Hall–Kier alpha value is -2.57. The van der Waals surface area contributed by atoms with E-state index in [0.29, 0.717) is 11.5 Å². The maximum absolute atomic E-state index is 12.4. The van der Waals surface area contributed by atoms with Crippen molar-refractivity contribution in [1.29, 1.82) is 0 Å². The van der Waals surface area contributed by atoms with E-state index < -0.39 is 6.04 Å². The molecule has 1 amide bonds. The van der Waals surface area contributed by atoms with Crippen LogP contribution in [-0.2, 0) is 4.79 Å². The number of aromatic nitrogens is 3. The molecule has 0 aliphatic carbocycles. The lowest BCUT2D eigenvalue weighted by atomic mass is 10.0. The minimum Gasteiger partial charge on any atom is -0.493 e. The third-order valence-corrected chi connectivity index (χ3v) is 3.81. The standard InChI is InChI=1S/C16H22N4O3/c1-10-6-14(22-4)15(23-5)7-13(10)11(2)19-16(21)12(3)20-9-17-8-18-20/h6-9,11-12H,1-5H3,(H,19,21)/t11-,12+/m1/s1. The number of aryl methyl sites for hydroxylation is 1. The van der Waals surface area contributed by atoms with E-state index in [0.717, 1.165) is 11.1 Å². The second kappa shape index (κ2) is 7.13. The highest BCUT2D eigenvalue weighted by molar-refractivity contribution is 5.80. The Labute approximate surface area is 135 Å². The Bertz CT molecular complexity index is 670. The Kier molecular flexibility index (Phi) is 5.20. The summed E-state index contributed by atoms with van der Waals surface area (Å²) in [6.07, 6.45) is 2.93. The zero-order chi connectivity index (χ0) is 17.0. The van der Waals surface area contributed by atoms with Gasteiger partial charge in [-0.1, -0.05) is 0 Å². The molecular weight excluding hydrogens is 296 g/mol. The first-order valence-electron chi connectivity index (χ1n) is 7.35. The van der Waals surface area contributed by atoms with Gasteiger partial charge in [-0.05, 0) is 44.0 Å². The average Bonchev–Trinajstić information content (AvgIpc) is 3.07. The summed E-state index contributed by atoms with van der Waals surface area (Å²) in [6.45, 7) is 5.68. The molecule has 0 radical (unpaired) electrons. The second-order valence-electron chi connectivity index (χ2n) is 5.35. The molecule has 0 aliphatic heterocycles. The molecule has 1 aromatic heterocycles. The number of carbonyl (C=O) groups excluding carboxylic acids is 1. The van der Waals surface area contributed by atoms with Gasteiger partial charge in [0, 0.05) is 0 Å². The van der Waals surface area contributed by atoms with E-state index in [2.05, 4.69) is 15.4 Å². The maximum Gasteiger partial charge on any atom is 0.245 e. The van der Waals surface area contributed by atoms with Crippen molar-refractivity contribution in [3.63, 3.8) is 0 Å². The summed E-state index contributed by atoms with van der Waals surface area (Å²) in [6, 6.07) is 3.19. The van der Waals surface area contributed by atoms with E-state index >= 15 is 0 Å². The van der Waals surface area contributed by atoms with Gasteiger partial charge < -0.3 is 14.8 Å². The predicted molar refractivity (Wildman–Crippen MR) is 85.6 cm³/mol. The van der Waals surface area contributed by atoms with Crippen LogP contribution in [0.25, 0.3) is 0 Å². The van der Waals surface area contributed by atoms with Gasteiger partial charge in [0.15, 0.2) is 11.5 Å². The number of hydrogen-bond donors (Lipinski definition) is 1. The fourth-order valence-electron chi connectivity index (χ4n) is 2.41. The van der Waals surface area contributed by atoms with Crippen molar-refractivity contribution in [2.24, 2.45) is 0 Å². The molecule has 2 aromatic rings. The zero-order valence-corrected chi connectivity index (χ0v) is 14.0. The van der Waals surface area contributed by atoms with Gasteiger partial charge >= 0.3 is 0 Å². The molecule has 1 N–H and O–H groups in total. The predicted octanol–water partition coefficient (Wildman–Crippen LogP) is 2.04. The summed E-state index contributed by atoms with van der Waals surface area (Å²) in [4.78, 5) is 16.2. The van der Waals surface area contributed by atoms with Crippen LogP contribution in [0.3, 0.4) is 0 Å². The fourth-order valence-corrected chi connectivity index (χ4v) is 2.41. The topological polar surface area (TPSA) is 78.3 Å². The molecule has 0 aliphatic rings. The second-order valence-corrected chi connectivity index (χ2v) is 5.35. The lowest BCUT2D eigenvalue weighted by Crippen LogP contribution is -2.33. The van der Waals surface area contributed by atoms with E-state index in [4.69, 9.17) is 9.47 Å². The van der Waals surface area contributed by atoms with Crippen molar-refractivity contribution in [1.82, 2.24) is 20.1 Å². The van der Waals surface area contributed by atoms with Crippen LogP contribution in [0.1, 0.15) is 37.1 Å². The first-order chi connectivity index (χ1) is 11.0. The molecule has 2 rings (SSSR count). The summed E-state index contributed by atoms with van der Waals surface area (Å²) in [5, 5.41) is 6.98. The number of nitrogens with one attached hydrogen (secondary N) is 1. The van der Waals surface area contributed by atoms with Crippen LogP contribution in [0.15, 0.2) is 24.8 Å². The molecule has 1 heterocycles. The summed E-state index contributed by atoms with van der Waals surface area (Å²) >= 11 is 0. The lowest BCUT2D eigenvalue weighted by Gasteiger charge is -2.21. The monoisotopic (exact) mass is 318 g/mol. The zero-order valence-electron chi connectivity index (χ0n) is 14.0. The molecule has 0 bridgehead atoms. The highest BCUT2D eigenvalue weighted by Crippen LogP contribution is 2.32. The minimum atomic E-state index is -0.430. The minimum absolute atomic E-state index is 0.128. The van der Waals surface area contributed by atoms with Crippen molar-refractivity contribution in [3.8, 4) is 11.5 Å². The third-order valence-electron chi connectivity index (χ3n) is 3.81. The van der Waals surface area contributed by atoms with E-state index in [1.807, 2.05) is 26.0 Å². The number of rotatable bonds is 6. The summed E-state index contributed by atoms with van der Waals surface area (Å²) in [5.41, 5.74) is 1.99. The molecule has 0 fully saturated rings. The molecule has 2 atom stereocenters. The van der Waals surface area contributed by atoms with Crippen molar-refractivity contribution < 1.29 is 14.3 Å². The van der Waals surface area contributed by atoms with E-state index in [1.54, 1.807) is 21.1 Å². The van der Waals surface area contributed by atoms with Crippen molar-refractivity contribution in [2.45, 2.75) is 32.9 Å². The number of benzene rings is 1. The Morgan fingerprint density at radius 2 is 1.87 bits per heavy atom. The number of nitrogens with zero attached hydrogens (tertiary/aromatic N) is 3. The lowest BCUT2D eigenvalue weighted by molar-refractivity contribution is -0.124. The van der Waals surface area contributed by atoms with Crippen molar-refractivity contribution in [2.75, 3.05) is 14.2 Å². The number of methoxy groups -OCH3 is 2. The molecule has 0 saturated heterocycles. The quantitative estimate of drug-likeness (QED) is 0.882. The molecular formula is C16H22N4O3. The Morgan fingerprint density at radius 1 is 1.22 bits per heavy atom. The van der Waals surface area contributed by atoms with Crippen LogP contribution in [0.2, 0.25) is 0 Å². The van der Waals surface area contributed by atoms with Gasteiger partial charge in [-0.2, -0.15) is 5.10 Å². The molecule has 124 valence electrons. The van der Waals surface area contributed by atoms with E-state index in [-0.39, 0.29) is 11.9 Å². The highest BCUT2D eigenvalue weighted by atomic mass is 16.5. The molecule has 7 nitrogen and oxygen atoms in total. The number of ether oxygens (including phenoxy) is 2. The highest BCUT2D eigenvalue weighted by Gasteiger charge is 2.20. The van der Waals surface area contributed by atoms with Crippen LogP contribution in [0.4, 0.5) is 0 Å². The van der Waals surface area contributed by atoms with Crippen LogP contribution in [0, 0.1) is 6.92 Å². The molecule has 23 heavy (non-hydrogen) atoms. The third kappa shape index (κ3) is 3.61.